The first-order chi connectivity index (χ1) is 15.8. The van der Waals surface area contributed by atoms with E-state index in [9.17, 15) is 16.8 Å². The Balaban J connectivity index is 1.46. The van der Waals surface area contributed by atoms with Crippen molar-refractivity contribution in [3.05, 3.63) is 66.7 Å². The minimum Gasteiger partial charge on any atom is -0.341 e. The molecule has 0 atom stereocenters. The van der Waals surface area contributed by atoms with Crippen molar-refractivity contribution in [3.8, 4) is 0 Å². The van der Waals surface area contributed by atoms with Crippen molar-refractivity contribution in [1.29, 1.82) is 0 Å². The van der Waals surface area contributed by atoms with Crippen molar-refractivity contribution in [1.82, 2.24) is 8.87 Å². The number of benzene rings is 3. The van der Waals surface area contributed by atoms with Gasteiger partial charge >= 0.3 is 0 Å². The topological polar surface area (TPSA) is 88.5 Å². The third-order valence-corrected chi connectivity index (χ3v) is 9.49. The number of sulfonamides is 2. The number of anilines is 1. The first-order valence-corrected chi connectivity index (χ1v) is 13.9. The predicted molar refractivity (Wildman–Crippen MR) is 130 cm³/mol. The van der Waals surface area contributed by atoms with E-state index in [0.717, 1.165) is 41.2 Å². The second kappa shape index (κ2) is 8.16. The van der Waals surface area contributed by atoms with Gasteiger partial charge in [0.25, 0.3) is 10.0 Å². The summed E-state index contributed by atoms with van der Waals surface area (Å²) in [5.41, 5.74) is 2.60. The Bertz CT molecular complexity index is 1550. The average molecular weight is 484 g/mol. The van der Waals surface area contributed by atoms with E-state index in [1.54, 1.807) is 6.07 Å². The monoisotopic (exact) mass is 483 g/mol. The molecule has 1 fully saturated rings. The Morgan fingerprint density at radius 2 is 1.42 bits per heavy atom. The van der Waals surface area contributed by atoms with Crippen molar-refractivity contribution in [2.75, 3.05) is 17.8 Å². The van der Waals surface area contributed by atoms with E-state index in [2.05, 4.69) is 22.3 Å². The van der Waals surface area contributed by atoms with Gasteiger partial charge in [0, 0.05) is 47.1 Å². The smallest absolute Gasteiger partial charge is 0.261 e. The second-order valence-corrected chi connectivity index (χ2v) is 11.8. The summed E-state index contributed by atoms with van der Waals surface area (Å²) < 4.78 is 57.7. The highest BCUT2D eigenvalue weighted by atomic mass is 32.2. The summed E-state index contributed by atoms with van der Waals surface area (Å²) in [4.78, 5) is 0.121. The Labute approximate surface area is 193 Å². The molecule has 2 heterocycles. The number of nitrogens with one attached hydrogen (secondary N) is 1. The molecule has 0 saturated carbocycles. The fourth-order valence-corrected chi connectivity index (χ4v) is 7.11. The number of aromatic nitrogens is 1. The predicted octanol–water partition coefficient (Wildman–Crippen LogP) is 4.40. The fraction of sp³-hybridized carbons (Fsp3) is 0.250. The molecule has 33 heavy (non-hydrogen) atoms. The van der Waals surface area contributed by atoms with Gasteiger partial charge < -0.3 is 4.57 Å². The largest absolute Gasteiger partial charge is 0.341 e. The number of fused-ring (bicyclic) bond motifs is 3. The number of aryl methyl sites for hydroxylation is 1. The van der Waals surface area contributed by atoms with Gasteiger partial charge in [0.15, 0.2) is 0 Å². The van der Waals surface area contributed by atoms with Gasteiger partial charge in [-0.15, -0.1) is 0 Å². The number of hydrogen-bond acceptors (Lipinski definition) is 4. The van der Waals surface area contributed by atoms with Crippen molar-refractivity contribution >= 4 is 47.5 Å². The maximum Gasteiger partial charge on any atom is 0.261 e. The zero-order valence-electron chi connectivity index (χ0n) is 18.2. The second-order valence-electron chi connectivity index (χ2n) is 8.18. The maximum atomic E-state index is 13.0. The van der Waals surface area contributed by atoms with E-state index in [-0.39, 0.29) is 9.79 Å². The molecule has 0 bridgehead atoms. The van der Waals surface area contributed by atoms with E-state index in [0.29, 0.717) is 18.8 Å². The highest BCUT2D eigenvalue weighted by Gasteiger charge is 2.27. The minimum absolute atomic E-state index is 0.0129. The molecule has 5 rings (SSSR count). The van der Waals surface area contributed by atoms with Crippen LogP contribution in [0.1, 0.15) is 19.8 Å². The number of hydrogen-bond donors (Lipinski definition) is 1. The van der Waals surface area contributed by atoms with Crippen LogP contribution in [0, 0.1) is 0 Å². The molecular weight excluding hydrogens is 458 g/mol. The molecule has 7 nitrogen and oxygen atoms in total. The highest BCUT2D eigenvalue weighted by Crippen LogP contribution is 2.32. The molecule has 0 radical (unpaired) electrons. The van der Waals surface area contributed by atoms with Crippen molar-refractivity contribution in [2.45, 2.75) is 36.1 Å². The lowest BCUT2D eigenvalue weighted by Crippen LogP contribution is -2.27. The van der Waals surface area contributed by atoms with E-state index in [1.165, 1.54) is 28.6 Å². The summed E-state index contributed by atoms with van der Waals surface area (Å²) in [6.45, 7) is 3.89. The first kappa shape index (κ1) is 21.9. The first-order valence-electron chi connectivity index (χ1n) is 11.0. The lowest BCUT2D eigenvalue weighted by Gasteiger charge is -2.15. The molecule has 4 aromatic rings. The quantitative estimate of drug-likeness (QED) is 0.440. The molecule has 1 aliphatic rings. The maximum absolute atomic E-state index is 13.0. The van der Waals surface area contributed by atoms with E-state index in [1.807, 2.05) is 30.3 Å². The van der Waals surface area contributed by atoms with Crippen molar-refractivity contribution in [2.24, 2.45) is 0 Å². The van der Waals surface area contributed by atoms with Gasteiger partial charge in [0.05, 0.1) is 9.79 Å². The van der Waals surface area contributed by atoms with Gasteiger partial charge in [0.2, 0.25) is 10.0 Å². The van der Waals surface area contributed by atoms with Gasteiger partial charge in [-0.3, -0.25) is 4.72 Å². The van der Waals surface area contributed by atoms with Crippen LogP contribution in [0.15, 0.2) is 76.5 Å². The Kier molecular flexibility index (Phi) is 5.43. The lowest BCUT2D eigenvalue weighted by molar-refractivity contribution is 0.477. The number of rotatable bonds is 6. The van der Waals surface area contributed by atoms with Crippen LogP contribution in [0.3, 0.4) is 0 Å². The molecule has 0 spiro atoms. The molecule has 3 aromatic carbocycles. The molecule has 0 unspecified atom stereocenters. The molecule has 172 valence electrons. The Hall–Kier alpha value is -2.88. The summed E-state index contributed by atoms with van der Waals surface area (Å²) in [7, 11) is -7.47. The van der Waals surface area contributed by atoms with Gasteiger partial charge in [-0.25, -0.2) is 16.8 Å². The van der Waals surface area contributed by atoms with Crippen LogP contribution in [-0.2, 0) is 26.6 Å². The molecule has 9 heteroatoms. The third kappa shape index (κ3) is 3.80. The van der Waals surface area contributed by atoms with Gasteiger partial charge in [-0.05, 0) is 68.3 Å². The molecular formula is C24H25N3O4S2. The Morgan fingerprint density at radius 1 is 0.788 bits per heavy atom. The highest BCUT2D eigenvalue weighted by molar-refractivity contribution is 7.92. The van der Waals surface area contributed by atoms with Crippen LogP contribution >= 0.6 is 0 Å². The van der Waals surface area contributed by atoms with Crippen LogP contribution in [0.2, 0.25) is 0 Å². The molecule has 1 aromatic heterocycles. The number of para-hydroxylation sites is 1. The summed E-state index contributed by atoms with van der Waals surface area (Å²) in [6.07, 6.45) is 1.69. The van der Waals surface area contributed by atoms with Gasteiger partial charge in [-0.2, -0.15) is 4.31 Å². The summed E-state index contributed by atoms with van der Waals surface area (Å²) in [5.74, 6) is 0. The van der Waals surface area contributed by atoms with Crippen LogP contribution in [0.25, 0.3) is 21.8 Å². The van der Waals surface area contributed by atoms with E-state index >= 15 is 0 Å². The average Bonchev–Trinajstić information content (AvgIpc) is 3.46. The molecule has 0 aliphatic carbocycles. The van der Waals surface area contributed by atoms with Crippen LogP contribution in [-0.4, -0.2) is 38.8 Å². The zero-order valence-corrected chi connectivity index (χ0v) is 19.9. The van der Waals surface area contributed by atoms with E-state index in [4.69, 9.17) is 0 Å². The van der Waals surface area contributed by atoms with Crippen molar-refractivity contribution in [3.63, 3.8) is 0 Å². The van der Waals surface area contributed by atoms with Crippen LogP contribution in [0.4, 0.5) is 5.69 Å². The van der Waals surface area contributed by atoms with Crippen LogP contribution < -0.4 is 4.72 Å². The Morgan fingerprint density at radius 3 is 2.12 bits per heavy atom. The zero-order chi connectivity index (χ0) is 23.2. The molecule has 0 amide bonds. The number of nitrogens with zero attached hydrogens (tertiary/aromatic N) is 2. The molecule has 1 aliphatic heterocycles. The van der Waals surface area contributed by atoms with Gasteiger partial charge in [0.1, 0.15) is 0 Å². The van der Waals surface area contributed by atoms with Crippen LogP contribution in [0.5, 0.6) is 0 Å². The minimum atomic E-state index is -3.88. The molecule has 1 N–H and O–H groups in total. The summed E-state index contributed by atoms with van der Waals surface area (Å²) in [5, 5.41) is 2.03. The standard InChI is InChI=1S/C24H25N3O4S2/c1-2-27-23-8-4-3-7-21(23)22-17-18(9-14-24(22)27)25-32(28,29)19-10-12-20(13-11-19)33(30,31)26-15-5-6-16-26/h3-4,7-14,17,25H,2,5-6,15-16H2,1H3. The fourth-order valence-electron chi connectivity index (χ4n) is 4.54. The summed E-state index contributed by atoms with van der Waals surface area (Å²) >= 11 is 0. The van der Waals surface area contributed by atoms with E-state index < -0.39 is 20.0 Å². The summed E-state index contributed by atoms with van der Waals surface area (Å²) in [6, 6.07) is 19.0. The van der Waals surface area contributed by atoms with Crippen molar-refractivity contribution < 1.29 is 16.8 Å². The van der Waals surface area contributed by atoms with Gasteiger partial charge in [-0.1, -0.05) is 18.2 Å². The third-order valence-electron chi connectivity index (χ3n) is 6.18. The lowest BCUT2D eigenvalue weighted by atomic mass is 10.1. The normalized spacial score (nSPS) is 15.4. The SMILES string of the molecule is CCn1c2ccccc2c2cc(NS(=O)(=O)c3ccc(S(=O)(=O)N4CCCC4)cc3)ccc21. The molecule has 1 saturated heterocycles.